The number of nitrogens with zero attached hydrogens (tertiary/aromatic N) is 2. The Morgan fingerprint density at radius 2 is 1.77 bits per heavy atom. The van der Waals surface area contributed by atoms with Gasteiger partial charge < -0.3 is 19.9 Å². The lowest BCUT2D eigenvalue weighted by atomic mass is 10.0. The lowest BCUT2D eigenvalue weighted by molar-refractivity contribution is -0.325. The summed E-state index contributed by atoms with van der Waals surface area (Å²) in [5.74, 6) is -4.13. The van der Waals surface area contributed by atoms with Crippen molar-refractivity contribution in [3.8, 4) is 11.5 Å². The molecule has 3 aromatic rings. The minimum atomic E-state index is -4.80. The van der Waals surface area contributed by atoms with E-state index in [0.717, 1.165) is 6.07 Å². The number of fused-ring (bicyclic) bond motifs is 1. The Labute approximate surface area is 195 Å². The van der Waals surface area contributed by atoms with Crippen LogP contribution in [0, 0.1) is 12.7 Å². The van der Waals surface area contributed by atoms with Crippen molar-refractivity contribution in [3.05, 3.63) is 53.1 Å². The zero-order chi connectivity index (χ0) is 25.8. The Balaban J connectivity index is 1.89. The fourth-order valence-corrected chi connectivity index (χ4v) is 3.23. The summed E-state index contributed by atoms with van der Waals surface area (Å²) in [7, 11) is 1.34. The van der Waals surface area contributed by atoms with Gasteiger partial charge in [0.15, 0.2) is 11.5 Å². The Morgan fingerprint density at radius 3 is 2.43 bits per heavy atom. The molecule has 0 aliphatic heterocycles. The highest BCUT2D eigenvalue weighted by molar-refractivity contribution is 5.91. The summed E-state index contributed by atoms with van der Waals surface area (Å²) in [6, 6.07) is 6.34. The largest absolute Gasteiger partial charge is 0.522 e. The molecule has 35 heavy (non-hydrogen) atoms. The van der Waals surface area contributed by atoms with Gasteiger partial charge in [0.2, 0.25) is 0 Å². The molecule has 0 fully saturated rings. The van der Waals surface area contributed by atoms with Crippen LogP contribution in [-0.2, 0) is 17.2 Å². The van der Waals surface area contributed by atoms with E-state index in [4.69, 9.17) is 14.6 Å². The van der Waals surface area contributed by atoms with Gasteiger partial charge >= 0.3 is 6.36 Å². The van der Waals surface area contributed by atoms with Crippen molar-refractivity contribution in [2.75, 3.05) is 32.2 Å². The first-order valence-electron chi connectivity index (χ1n) is 10.2. The Kier molecular flexibility index (Phi) is 7.90. The normalized spacial score (nSPS) is 12.1. The number of benzene rings is 2. The maximum absolute atomic E-state index is 14.7. The summed E-state index contributed by atoms with van der Waals surface area (Å²) in [5.41, 5.74) is -0.657. The number of aliphatic hydroxyl groups is 1. The van der Waals surface area contributed by atoms with E-state index in [0.29, 0.717) is 16.7 Å². The van der Waals surface area contributed by atoms with Crippen LogP contribution in [0.2, 0.25) is 0 Å². The standard InChI is InChI=1S/C22H21F6N3O4/c1-12-30-16-9-17(33-2)18(34-6-7-35-22(26,27)28)8-14(16)20(31-12)29-10-13-4-3-5-15(19(13)23)21(24,25)11-32/h3-5,8-9,32H,6-7,10-11H2,1-2H3,(H,29,30,31). The van der Waals surface area contributed by atoms with E-state index in [9.17, 15) is 26.3 Å². The van der Waals surface area contributed by atoms with Gasteiger partial charge in [-0.05, 0) is 19.1 Å². The van der Waals surface area contributed by atoms with Gasteiger partial charge in [-0.1, -0.05) is 12.1 Å². The van der Waals surface area contributed by atoms with E-state index >= 15 is 0 Å². The number of nitrogens with one attached hydrogen (secondary N) is 1. The molecule has 1 heterocycles. The number of aromatic nitrogens is 2. The number of aryl methyl sites for hydroxylation is 1. The van der Waals surface area contributed by atoms with Crippen LogP contribution in [0.25, 0.3) is 10.9 Å². The molecule has 0 bridgehead atoms. The van der Waals surface area contributed by atoms with Gasteiger partial charge in [-0.3, -0.25) is 4.74 Å². The molecule has 0 unspecified atom stereocenters. The van der Waals surface area contributed by atoms with Gasteiger partial charge in [-0.15, -0.1) is 13.2 Å². The van der Waals surface area contributed by atoms with Crippen molar-refractivity contribution in [1.82, 2.24) is 9.97 Å². The van der Waals surface area contributed by atoms with Crippen LogP contribution in [0.5, 0.6) is 11.5 Å². The van der Waals surface area contributed by atoms with Crippen molar-refractivity contribution < 1.29 is 45.7 Å². The van der Waals surface area contributed by atoms with Gasteiger partial charge in [0.05, 0.1) is 24.8 Å². The van der Waals surface area contributed by atoms with E-state index < -0.39 is 43.5 Å². The van der Waals surface area contributed by atoms with Crippen LogP contribution in [0.15, 0.2) is 30.3 Å². The topological polar surface area (TPSA) is 85.7 Å². The van der Waals surface area contributed by atoms with Gasteiger partial charge in [-0.25, -0.2) is 14.4 Å². The minimum absolute atomic E-state index is 0.0806. The second kappa shape index (κ2) is 10.5. The molecule has 0 saturated carbocycles. The third kappa shape index (κ3) is 6.42. The highest BCUT2D eigenvalue weighted by Gasteiger charge is 2.34. The average Bonchev–Trinajstić information content (AvgIpc) is 2.79. The number of aliphatic hydroxyl groups excluding tert-OH is 1. The summed E-state index contributed by atoms with van der Waals surface area (Å²) in [4.78, 5) is 8.54. The lowest BCUT2D eigenvalue weighted by Gasteiger charge is -2.17. The van der Waals surface area contributed by atoms with E-state index in [1.165, 1.54) is 31.4 Å². The summed E-state index contributed by atoms with van der Waals surface area (Å²) in [6.45, 7) is -1.38. The SMILES string of the molecule is COc1cc2nc(C)nc(NCc3cccc(C(F)(F)CO)c3F)c2cc1OCCOC(F)(F)F. The summed E-state index contributed by atoms with van der Waals surface area (Å²) in [5, 5.41) is 12.1. The molecule has 0 amide bonds. The van der Waals surface area contributed by atoms with E-state index in [-0.39, 0.29) is 29.4 Å². The second-order valence-corrected chi connectivity index (χ2v) is 7.28. The molecule has 2 N–H and O–H groups in total. The van der Waals surface area contributed by atoms with E-state index in [1.807, 2.05) is 0 Å². The molecule has 2 aromatic carbocycles. The van der Waals surface area contributed by atoms with Crippen LogP contribution in [0.1, 0.15) is 17.0 Å². The number of halogens is 6. The fourth-order valence-electron chi connectivity index (χ4n) is 3.23. The number of hydrogen-bond donors (Lipinski definition) is 2. The quantitative estimate of drug-likeness (QED) is 0.305. The Bertz CT molecular complexity index is 1190. The number of rotatable bonds is 10. The zero-order valence-electron chi connectivity index (χ0n) is 18.5. The highest BCUT2D eigenvalue weighted by atomic mass is 19.4. The minimum Gasteiger partial charge on any atom is -0.493 e. The number of anilines is 1. The molecule has 1 aromatic heterocycles. The fraction of sp³-hybridized carbons (Fsp3) is 0.364. The number of hydrogen-bond acceptors (Lipinski definition) is 7. The Morgan fingerprint density at radius 1 is 1.03 bits per heavy atom. The van der Waals surface area contributed by atoms with Gasteiger partial charge in [0.25, 0.3) is 5.92 Å². The van der Waals surface area contributed by atoms with Crippen LogP contribution in [-0.4, -0.2) is 48.4 Å². The molecule has 0 saturated heterocycles. The van der Waals surface area contributed by atoms with Gasteiger partial charge in [0.1, 0.15) is 30.7 Å². The summed E-state index contributed by atoms with van der Waals surface area (Å²) >= 11 is 0. The first-order chi connectivity index (χ1) is 16.4. The van der Waals surface area contributed by atoms with Crippen LogP contribution >= 0.6 is 0 Å². The zero-order valence-corrected chi connectivity index (χ0v) is 18.5. The average molecular weight is 505 g/mol. The van der Waals surface area contributed by atoms with Crippen LogP contribution in [0.3, 0.4) is 0 Å². The second-order valence-electron chi connectivity index (χ2n) is 7.28. The maximum atomic E-state index is 14.7. The monoisotopic (exact) mass is 505 g/mol. The third-order valence-corrected chi connectivity index (χ3v) is 4.82. The van der Waals surface area contributed by atoms with Crippen molar-refractivity contribution in [1.29, 1.82) is 0 Å². The molecule has 7 nitrogen and oxygen atoms in total. The highest BCUT2D eigenvalue weighted by Crippen LogP contribution is 2.35. The Hall–Kier alpha value is -3.32. The maximum Gasteiger partial charge on any atom is 0.522 e. The van der Waals surface area contributed by atoms with Crippen LogP contribution < -0.4 is 14.8 Å². The molecule has 0 radical (unpaired) electrons. The van der Waals surface area contributed by atoms with E-state index in [2.05, 4.69) is 20.0 Å². The first-order valence-corrected chi connectivity index (χ1v) is 10.2. The molecule has 190 valence electrons. The number of methoxy groups -OCH3 is 1. The smallest absolute Gasteiger partial charge is 0.493 e. The van der Waals surface area contributed by atoms with Crippen molar-refractivity contribution in [2.24, 2.45) is 0 Å². The summed E-state index contributed by atoms with van der Waals surface area (Å²) in [6.07, 6.45) is -4.80. The van der Waals surface area contributed by atoms with Crippen molar-refractivity contribution in [3.63, 3.8) is 0 Å². The molecule has 0 atom stereocenters. The van der Waals surface area contributed by atoms with Gasteiger partial charge in [-0.2, -0.15) is 8.78 Å². The number of ether oxygens (including phenoxy) is 3. The molecule has 0 aliphatic rings. The lowest BCUT2D eigenvalue weighted by Crippen LogP contribution is -2.21. The molecule has 0 spiro atoms. The number of alkyl halides is 5. The third-order valence-electron chi connectivity index (χ3n) is 4.82. The van der Waals surface area contributed by atoms with Crippen LogP contribution in [0.4, 0.5) is 32.2 Å². The predicted molar refractivity (Wildman–Crippen MR) is 113 cm³/mol. The molecule has 13 heteroatoms. The molecular weight excluding hydrogens is 484 g/mol. The molecular formula is C22H21F6N3O4. The molecule has 3 rings (SSSR count). The molecule has 0 aliphatic carbocycles. The van der Waals surface area contributed by atoms with E-state index in [1.54, 1.807) is 6.92 Å². The van der Waals surface area contributed by atoms with Crippen molar-refractivity contribution >= 4 is 16.7 Å². The van der Waals surface area contributed by atoms with Gasteiger partial charge in [0, 0.05) is 23.6 Å². The van der Waals surface area contributed by atoms with Crippen molar-refractivity contribution in [2.45, 2.75) is 25.8 Å². The summed E-state index contributed by atoms with van der Waals surface area (Å²) < 4.78 is 93.2. The predicted octanol–water partition coefficient (Wildman–Crippen LogP) is 4.70. The first kappa shape index (κ1) is 26.3.